The van der Waals surface area contributed by atoms with E-state index in [9.17, 15) is 9.59 Å². The Hall–Kier alpha value is -2.28. The fraction of sp³-hybridized carbons (Fsp3) is 0.500. The Kier molecular flexibility index (Phi) is 4.38. The molecule has 0 aromatic heterocycles. The lowest BCUT2D eigenvalue weighted by Crippen LogP contribution is -2.47. The number of rotatable bonds is 2. The molecule has 0 saturated carbocycles. The number of piperazine rings is 1. The van der Waals surface area contributed by atoms with Gasteiger partial charge in [0.25, 0.3) is 11.8 Å². The van der Waals surface area contributed by atoms with Gasteiger partial charge in [-0.25, -0.2) is 0 Å². The molecule has 1 aromatic rings. The van der Waals surface area contributed by atoms with Crippen molar-refractivity contribution in [3.05, 3.63) is 23.8 Å². The molecule has 1 unspecified atom stereocenters. The molecule has 1 atom stereocenters. The summed E-state index contributed by atoms with van der Waals surface area (Å²) in [4.78, 5) is 28.1. The molecule has 7 nitrogen and oxygen atoms in total. The smallest absolute Gasteiger partial charge is 0.258 e. The van der Waals surface area contributed by atoms with Crippen molar-refractivity contribution >= 4 is 11.8 Å². The van der Waals surface area contributed by atoms with Crippen LogP contribution in [0.5, 0.6) is 11.5 Å². The van der Waals surface area contributed by atoms with Crippen molar-refractivity contribution in [2.75, 3.05) is 39.8 Å². The largest absolute Gasteiger partial charge is 0.489 e. The molecule has 1 saturated heterocycles. The molecule has 2 amide bonds. The summed E-state index contributed by atoms with van der Waals surface area (Å²) in [6, 6.07) is 6.06. The number of primary amides is 1. The number of carbonyl (C=O) groups is 2. The van der Waals surface area contributed by atoms with Crippen molar-refractivity contribution in [3.63, 3.8) is 0 Å². The van der Waals surface area contributed by atoms with Crippen molar-refractivity contribution in [3.8, 4) is 11.5 Å². The van der Waals surface area contributed by atoms with E-state index in [2.05, 4.69) is 11.0 Å². The van der Waals surface area contributed by atoms with Gasteiger partial charge < -0.3 is 25.0 Å². The van der Waals surface area contributed by atoms with Gasteiger partial charge in [0.05, 0.1) is 12.2 Å². The Balaban J connectivity index is 1.85. The Morgan fingerprint density at radius 3 is 2.70 bits per heavy atom. The normalized spacial score (nSPS) is 21.6. The molecule has 2 N–H and O–H groups in total. The fourth-order valence-corrected chi connectivity index (χ4v) is 2.72. The minimum absolute atomic E-state index is 0.104. The van der Waals surface area contributed by atoms with Crippen molar-refractivity contribution in [1.82, 2.24) is 9.80 Å². The van der Waals surface area contributed by atoms with Crippen LogP contribution in [0.3, 0.4) is 0 Å². The highest BCUT2D eigenvalue weighted by atomic mass is 16.5. The SMILES string of the molecule is CN1CCN(C(=O)c2c[c]cc3c2OCCC(C(N)=O)O3)CC1. The first-order valence-corrected chi connectivity index (χ1v) is 7.67. The summed E-state index contributed by atoms with van der Waals surface area (Å²) in [5.74, 6) is 0.0623. The van der Waals surface area contributed by atoms with Crippen LogP contribution in [-0.4, -0.2) is 67.6 Å². The topological polar surface area (TPSA) is 85.1 Å². The van der Waals surface area contributed by atoms with Crippen LogP contribution in [0.2, 0.25) is 0 Å². The third kappa shape index (κ3) is 3.24. The molecular weight excluding hydrogens is 298 g/mol. The van der Waals surface area contributed by atoms with Gasteiger partial charge in [-0.3, -0.25) is 9.59 Å². The predicted octanol–water partition coefficient (Wildman–Crippen LogP) is -0.110. The third-order valence-corrected chi connectivity index (χ3v) is 4.14. The molecule has 2 heterocycles. The number of nitrogens with zero attached hydrogens (tertiary/aromatic N) is 2. The molecule has 123 valence electrons. The molecule has 0 bridgehead atoms. The minimum atomic E-state index is -0.751. The molecule has 0 aliphatic carbocycles. The average Bonchev–Trinajstić information content (AvgIpc) is 2.77. The number of hydrogen-bond donors (Lipinski definition) is 1. The molecular formula is C16H20N3O4. The first kappa shape index (κ1) is 15.6. The number of hydrogen-bond acceptors (Lipinski definition) is 5. The van der Waals surface area contributed by atoms with E-state index in [4.69, 9.17) is 15.2 Å². The second-order valence-corrected chi connectivity index (χ2v) is 5.80. The molecule has 0 spiro atoms. The van der Waals surface area contributed by atoms with Gasteiger partial charge in [0.1, 0.15) is 0 Å². The van der Waals surface area contributed by atoms with Crippen molar-refractivity contribution in [2.24, 2.45) is 5.73 Å². The van der Waals surface area contributed by atoms with Crippen molar-refractivity contribution in [1.29, 1.82) is 0 Å². The Labute approximate surface area is 134 Å². The summed E-state index contributed by atoms with van der Waals surface area (Å²) >= 11 is 0. The van der Waals surface area contributed by atoms with E-state index in [-0.39, 0.29) is 12.5 Å². The Morgan fingerprint density at radius 1 is 1.26 bits per heavy atom. The van der Waals surface area contributed by atoms with Crippen LogP contribution in [0, 0.1) is 6.07 Å². The molecule has 3 rings (SSSR count). The molecule has 1 radical (unpaired) electrons. The van der Waals surface area contributed by atoms with E-state index in [1.807, 2.05) is 7.05 Å². The van der Waals surface area contributed by atoms with Gasteiger partial charge in [0.2, 0.25) is 0 Å². The first-order chi connectivity index (χ1) is 11.1. The summed E-state index contributed by atoms with van der Waals surface area (Å²) in [5.41, 5.74) is 5.73. The Bertz CT molecular complexity index is 611. The first-order valence-electron chi connectivity index (χ1n) is 7.67. The van der Waals surface area contributed by atoms with Gasteiger partial charge in [-0.2, -0.15) is 0 Å². The number of carbonyl (C=O) groups excluding carboxylic acids is 2. The maximum Gasteiger partial charge on any atom is 0.258 e. The zero-order valence-corrected chi connectivity index (χ0v) is 13.1. The fourth-order valence-electron chi connectivity index (χ4n) is 2.72. The van der Waals surface area contributed by atoms with Crippen molar-refractivity contribution in [2.45, 2.75) is 12.5 Å². The lowest BCUT2D eigenvalue weighted by molar-refractivity contribution is -0.124. The highest BCUT2D eigenvalue weighted by molar-refractivity contribution is 5.98. The van der Waals surface area contributed by atoms with Crippen LogP contribution >= 0.6 is 0 Å². The van der Waals surface area contributed by atoms with Crippen LogP contribution in [0.4, 0.5) is 0 Å². The van der Waals surface area contributed by atoms with Gasteiger partial charge in [-0.15, -0.1) is 0 Å². The summed E-state index contributed by atoms with van der Waals surface area (Å²) in [6.07, 6.45) is -0.398. The predicted molar refractivity (Wildman–Crippen MR) is 82.4 cm³/mol. The minimum Gasteiger partial charge on any atom is -0.489 e. The number of amides is 2. The second-order valence-electron chi connectivity index (χ2n) is 5.80. The maximum absolute atomic E-state index is 12.8. The number of ether oxygens (including phenoxy) is 2. The van der Waals surface area contributed by atoms with Gasteiger partial charge in [-0.05, 0) is 25.2 Å². The zero-order valence-electron chi connectivity index (χ0n) is 13.1. The van der Waals surface area contributed by atoms with E-state index < -0.39 is 12.0 Å². The van der Waals surface area contributed by atoms with E-state index >= 15 is 0 Å². The van der Waals surface area contributed by atoms with Crippen LogP contribution in [0.1, 0.15) is 16.8 Å². The van der Waals surface area contributed by atoms with E-state index in [0.717, 1.165) is 13.1 Å². The number of likely N-dealkylation sites (N-methyl/N-ethyl adjacent to an activating group) is 1. The zero-order chi connectivity index (χ0) is 16.4. The molecule has 1 fully saturated rings. The standard InChI is InChI=1S/C16H20N3O4/c1-18-6-8-19(9-7-18)16(21)11-3-2-4-12-14(11)22-10-5-13(23-12)15(17)20/h3-4,13H,5-10H2,1H3,(H2,17,20). The molecule has 2 aliphatic rings. The summed E-state index contributed by atoms with van der Waals surface area (Å²) in [6.45, 7) is 3.29. The van der Waals surface area contributed by atoms with E-state index in [1.54, 1.807) is 17.0 Å². The molecule has 1 aromatic carbocycles. The quantitative estimate of drug-likeness (QED) is 0.822. The van der Waals surface area contributed by atoms with Crippen LogP contribution in [-0.2, 0) is 4.79 Å². The van der Waals surface area contributed by atoms with Gasteiger partial charge in [0, 0.05) is 32.6 Å². The lowest BCUT2D eigenvalue weighted by Gasteiger charge is -2.32. The summed E-state index contributed by atoms with van der Waals surface area (Å²) < 4.78 is 11.3. The second kappa shape index (κ2) is 6.45. The third-order valence-electron chi connectivity index (χ3n) is 4.14. The molecule has 23 heavy (non-hydrogen) atoms. The van der Waals surface area contributed by atoms with Crippen LogP contribution in [0.25, 0.3) is 0 Å². The average molecular weight is 318 g/mol. The lowest BCUT2D eigenvalue weighted by atomic mass is 10.1. The van der Waals surface area contributed by atoms with E-state index in [1.165, 1.54) is 0 Å². The van der Waals surface area contributed by atoms with E-state index in [0.29, 0.717) is 36.6 Å². The highest BCUT2D eigenvalue weighted by Crippen LogP contribution is 2.35. The van der Waals surface area contributed by atoms with Crippen molar-refractivity contribution < 1.29 is 19.1 Å². The number of nitrogens with two attached hydrogens (primary N) is 1. The maximum atomic E-state index is 12.8. The monoisotopic (exact) mass is 318 g/mol. The van der Waals surface area contributed by atoms with Gasteiger partial charge in [0.15, 0.2) is 17.6 Å². The number of benzene rings is 1. The highest BCUT2D eigenvalue weighted by Gasteiger charge is 2.29. The summed E-state index contributed by atoms with van der Waals surface area (Å²) in [5, 5.41) is 0. The van der Waals surface area contributed by atoms with Crippen LogP contribution in [0.15, 0.2) is 12.1 Å². The van der Waals surface area contributed by atoms with Crippen LogP contribution < -0.4 is 15.2 Å². The molecule has 2 aliphatic heterocycles. The molecule has 7 heteroatoms. The van der Waals surface area contributed by atoms with Gasteiger partial charge in [-0.1, -0.05) is 0 Å². The Morgan fingerprint density at radius 2 is 2.00 bits per heavy atom. The summed E-state index contributed by atoms with van der Waals surface area (Å²) in [7, 11) is 2.03. The van der Waals surface area contributed by atoms with Gasteiger partial charge >= 0.3 is 0 Å². The number of fused-ring (bicyclic) bond motifs is 1.